The SMILES string of the molecule is COc1cc(Br)cc([C@H]2C3=CCn4c(=O)n(C)c(=O)n4[C@@H]3C[C@H]3C(=O)N(Nc4ccc(C)cc4)C(=O)[C@@]23c2ccccc2)c1O. The highest BCUT2D eigenvalue weighted by Gasteiger charge is 2.69. The maximum Gasteiger partial charge on any atom is 0.347 e. The zero-order chi connectivity index (χ0) is 31.8. The Bertz CT molecular complexity index is 2030. The van der Waals surface area contributed by atoms with E-state index in [1.807, 2.05) is 55.5 Å². The van der Waals surface area contributed by atoms with Crippen LogP contribution in [0.1, 0.15) is 35.1 Å². The first kappa shape index (κ1) is 28.9. The van der Waals surface area contributed by atoms with Gasteiger partial charge < -0.3 is 9.84 Å². The van der Waals surface area contributed by atoms with E-state index in [4.69, 9.17) is 4.74 Å². The smallest absolute Gasteiger partial charge is 0.347 e. The molecule has 1 aliphatic carbocycles. The van der Waals surface area contributed by atoms with Crippen LogP contribution in [0.15, 0.2) is 92.4 Å². The van der Waals surface area contributed by atoms with Crippen molar-refractivity contribution in [2.45, 2.75) is 37.3 Å². The molecule has 11 nitrogen and oxygen atoms in total. The molecule has 0 radical (unpaired) electrons. The monoisotopic (exact) mass is 671 g/mol. The molecule has 0 spiro atoms. The van der Waals surface area contributed by atoms with Crippen LogP contribution in [-0.2, 0) is 28.6 Å². The molecule has 45 heavy (non-hydrogen) atoms. The van der Waals surface area contributed by atoms with Crippen molar-refractivity contribution in [2.75, 3.05) is 12.5 Å². The average molecular weight is 673 g/mol. The number of nitrogens with one attached hydrogen (secondary N) is 1. The van der Waals surface area contributed by atoms with Gasteiger partial charge in [0.25, 0.3) is 11.8 Å². The summed E-state index contributed by atoms with van der Waals surface area (Å²) >= 11 is 3.54. The number of ether oxygens (including phenoxy) is 1. The fourth-order valence-electron chi connectivity index (χ4n) is 7.43. The molecule has 2 aliphatic heterocycles. The van der Waals surface area contributed by atoms with Crippen molar-refractivity contribution >= 4 is 33.4 Å². The summed E-state index contributed by atoms with van der Waals surface area (Å²) in [5.74, 6) is -2.87. The summed E-state index contributed by atoms with van der Waals surface area (Å²) in [5, 5.41) is 12.8. The number of carbonyl (C=O) groups excluding carboxylic acids is 2. The second-order valence-corrected chi connectivity index (χ2v) is 12.6. The Morgan fingerprint density at radius 3 is 2.40 bits per heavy atom. The van der Waals surface area contributed by atoms with Gasteiger partial charge in [-0.15, -0.1) is 0 Å². The van der Waals surface area contributed by atoms with E-state index < -0.39 is 46.5 Å². The van der Waals surface area contributed by atoms with Crippen LogP contribution in [-0.4, -0.2) is 43.0 Å². The number of carbonyl (C=O) groups is 2. The molecule has 1 saturated heterocycles. The topological polar surface area (TPSA) is 128 Å². The van der Waals surface area contributed by atoms with Crippen LogP contribution in [0.3, 0.4) is 0 Å². The number of halogens is 1. The molecule has 4 atom stereocenters. The Labute approximate surface area is 266 Å². The second kappa shape index (κ2) is 10.4. The van der Waals surface area contributed by atoms with Gasteiger partial charge in [-0.25, -0.2) is 23.5 Å². The zero-order valence-corrected chi connectivity index (χ0v) is 26.3. The third-order valence-electron chi connectivity index (χ3n) is 9.45. The van der Waals surface area contributed by atoms with E-state index in [1.54, 1.807) is 24.3 Å². The number of imide groups is 1. The van der Waals surface area contributed by atoms with Crippen LogP contribution < -0.4 is 21.5 Å². The first-order valence-electron chi connectivity index (χ1n) is 14.5. The molecule has 7 rings (SSSR count). The van der Waals surface area contributed by atoms with E-state index in [2.05, 4.69) is 21.4 Å². The first-order valence-corrected chi connectivity index (χ1v) is 15.3. The van der Waals surface area contributed by atoms with Crippen LogP contribution in [0.4, 0.5) is 5.69 Å². The molecule has 2 N–H and O–H groups in total. The number of phenols is 1. The Hall–Kier alpha value is -4.84. The highest BCUT2D eigenvalue weighted by molar-refractivity contribution is 9.10. The number of fused-ring (bicyclic) bond motifs is 4. The fourth-order valence-corrected chi connectivity index (χ4v) is 7.89. The number of anilines is 1. The number of aromatic hydroxyl groups is 1. The van der Waals surface area contributed by atoms with Crippen LogP contribution >= 0.6 is 15.9 Å². The van der Waals surface area contributed by atoms with Gasteiger partial charge in [0.15, 0.2) is 11.5 Å². The number of methoxy groups -OCH3 is 1. The Morgan fingerprint density at radius 2 is 1.71 bits per heavy atom. The number of amides is 2. The van der Waals surface area contributed by atoms with E-state index >= 15 is 4.79 Å². The molecule has 1 aromatic heterocycles. The molecule has 3 heterocycles. The lowest BCUT2D eigenvalue weighted by molar-refractivity contribution is -0.138. The van der Waals surface area contributed by atoms with Crippen LogP contribution in [0, 0.1) is 12.8 Å². The molecule has 12 heteroatoms. The fraction of sp³-hybridized carbons (Fsp3) is 0.273. The van der Waals surface area contributed by atoms with Gasteiger partial charge >= 0.3 is 11.4 Å². The van der Waals surface area contributed by atoms with Gasteiger partial charge in [0.1, 0.15) is 0 Å². The zero-order valence-electron chi connectivity index (χ0n) is 24.7. The molecule has 3 aliphatic rings. The molecule has 2 amide bonds. The third-order valence-corrected chi connectivity index (χ3v) is 9.91. The summed E-state index contributed by atoms with van der Waals surface area (Å²) in [7, 11) is 2.85. The maximum atomic E-state index is 15.1. The van der Waals surface area contributed by atoms with Gasteiger partial charge in [-0.1, -0.05) is 70.0 Å². The minimum Gasteiger partial charge on any atom is -0.504 e. The van der Waals surface area contributed by atoms with E-state index in [0.29, 0.717) is 26.9 Å². The molecule has 4 aromatic rings. The summed E-state index contributed by atoms with van der Waals surface area (Å²) in [6, 6.07) is 19.0. The van der Waals surface area contributed by atoms with E-state index in [1.165, 1.54) is 23.5 Å². The summed E-state index contributed by atoms with van der Waals surface area (Å²) < 4.78 is 9.89. The molecule has 1 saturated carbocycles. The van der Waals surface area contributed by atoms with Crippen LogP contribution in [0.25, 0.3) is 0 Å². The van der Waals surface area contributed by atoms with Crippen molar-refractivity contribution in [2.24, 2.45) is 13.0 Å². The van der Waals surface area contributed by atoms with E-state index in [-0.39, 0.29) is 24.5 Å². The number of aromatic nitrogens is 3. The number of benzene rings is 3. The number of aryl methyl sites for hydroxylation is 1. The van der Waals surface area contributed by atoms with Crippen molar-refractivity contribution in [1.82, 2.24) is 18.9 Å². The van der Waals surface area contributed by atoms with Gasteiger partial charge in [0.2, 0.25) is 0 Å². The van der Waals surface area contributed by atoms with Gasteiger partial charge in [-0.05, 0) is 48.7 Å². The molecule has 0 bridgehead atoms. The third kappa shape index (κ3) is 4.01. The average Bonchev–Trinajstić information content (AvgIpc) is 3.40. The molecule has 3 aromatic carbocycles. The minimum absolute atomic E-state index is 0.0726. The van der Waals surface area contributed by atoms with Crippen molar-refractivity contribution < 1.29 is 19.4 Å². The number of allylic oxidation sites excluding steroid dienone is 2. The molecule has 0 unspecified atom stereocenters. The number of hydrogen-bond donors (Lipinski definition) is 2. The molecular weight excluding hydrogens is 642 g/mol. The summed E-state index contributed by atoms with van der Waals surface area (Å²) in [5.41, 5.74) is 3.69. The minimum atomic E-state index is -1.53. The number of hydrazine groups is 1. The lowest BCUT2D eigenvalue weighted by Crippen LogP contribution is -2.53. The number of rotatable bonds is 5. The quantitative estimate of drug-likeness (QED) is 0.244. The van der Waals surface area contributed by atoms with E-state index in [0.717, 1.165) is 15.1 Å². The first-order chi connectivity index (χ1) is 21.6. The van der Waals surface area contributed by atoms with Crippen LogP contribution in [0.5, 0.6) is 11.5 Å². The van der Waals surface area contributed by atoms with Crippen LogP contribution in [0.2, 0.25) is 0 Å². The molecule has 2 fully saturated rings. The van der Waals surface area contributed by atoms with Crippen molar-refractivity contribution in [3.8, 4) is 11.5 Å². The number of hydrogen-bond acceptors (Lipinski definition) is 7. The highest BCUT2D eigenvalue weighted by atomic mass is 79.9. The Kier molecular flexibility index (Phi) is 6.66. The van der Waals surface area contributed by atoms with Gasteiger partial charge in [-0.2, -0.15) is 5.01 Å². The normalized spacial score (nSPS) is 23.7. The van der Waals surface area contributed by atoms with Crippen molar-refractivity contribution in [3.63, 3.8) is 0 Å². The number of nitrogens with zero attached hydrogens (tertiary/aromatic N) is 4. The highest BCUT2D eigenvalue weighted by Crippen LogP contribution is 2.63. The Balaban J connectivity index is 1.53. The second-order valence-electron chi connectivity index (χ2n) is 11.7. The molecular formula is C33H30BrN5O6. The van der Waals surface area contributed by atoms with Gasteiger partial charge in [-0.3, -0.25) is 15.0 Å². The predicted molar refractivity (Wildman–Crippen MR) is 169 cm³/mol. The predicted octanol–water partition coefficient (Wildman–Crippen LogP) is 3.75. The van der Waals surface area contributed by atoms with Crippen molar-refractivity contribution in [3.05, 3.63) is 121 Å². The number of phenolic OH excluding ortho intramolecular Hbond substituents is 1. The van der Waals surface area contributed by atoms with Crippen molar-refractivity contribution in [1.29, 1.82) is 0 Å². The standard InChI is InChI=1S/C33H30BrN5O6/c1-18-9-11-21(12-10-18)35-38-29(41)24-17-25-22(13-14-37-31(43)36(2)32(44)39(25)37)27(23-15-20(34)16-26(45-3)28(23)40)33(24,30(38)42)19-7-5-4-6-8-19/h4-13,15-16,24-25,27,35,40H,14,17H2,1-3H3/t24-,25+,27+,33+/m0/s1. The largest absolute Gasteiger partial charge is 0.504 e. The lowest BCUT2D eigenvalue weighted by Gasteiger charge is -2.49. The lowest BCUT2D eigenvalue weighted by atomic mass is 9.53. The van der Waals surface area contributed by atoms with E-state index in [9.17, 15) is 19.5 Å². The summed E-state index contributed by atoms with van der Waals surface area (Å²) in [4.78, 5) is 56.2. The van der Waals surface area contributed by atoms with Gasteiger partial charge in [0.05, 0.1) is 36.7 Å². The van der Waals surface area contributed by atoms with Gasteiger partial charge in [0, 0.05) is 23.0 Å². The molecule has 230 valence electrons. The Morgan fingerprint density at radius 1 is 1.00 bits per heavy atom. The summed E-state index contributed by atoms with van der Waals surface area (Å²) in [6.45, 7) is 2.02. The maximum absolute atomic E-state index is 15.1. The summed E-state index contributed by atoms with van der Waals surface area (Å²) in [6.07, 6.45) is 1.92.